The van der Waals surface area contributed by atoms with Gasteiger partial charge in [0, 0.05) is 6.54 Å². The first kappa shape index (κ1) is 25.3. The molecular weight excluding hydrogens is 462 g/mol. The van der Waals surface area contributed by atoms with Gasteiger partial charge in [0.2, 0.25) is 11.6 Å². The van der Waals surface area contributed by atoms with Gasteiger partial charge in [-0.2, -0.15) is 9.78 Å². The van der Waals surface area contributed by atoms with Gasteiger partial charge in [0.15, 0.2) is 5.69 Å². The largest absolute Gasteiger partial charge is 0.494 e. The van der Waals surface area contributed by atoms with Gasteiger partial charge < -0.3 is 10.5 Å². The number of amides is 1. The zero-order chi connectivity index (χ0) is 25.2. The summed E-state index contributed by atoms with van der Waals surface area (Å²) in [7, 11) is 0. The lowest BCUT2D eigenvalue weighted by Gasteiger charge is -2.20. The van der Waals surface area contributed by atoms with Gasteiger partial charge >= 0.3 is 0 Å². The standard InChI is InChI=1S/C24H33N9O3/c1-2-3-8-15-35-19-11-9-18(10-12-19)16-26-28-24(34)21-20(17-32-13-6-4-5-7-14-32)33(31-27-21)23-22(25)29-36-30-23/h9-12,16H,2-8,13-15,17H2,1H3,(H2,25,29)(H,28,34)/b26-16-. The topological polar surface area (TPSA) is 150 Å². The van der Waals surface area contributed by atoms with Crippen molar-refractivity contribution >= 4 is 17.9 Å². The van der Waals surface area contributed by atoms with E-state index in [9.17, 15) is 4.79 Å². The van der Waals surface area contributed by atoms with Gasteiger partial charge in [-0.15, -0.1) is 5.10 Å². The van der Waals surface area contributed by atoms with Crippen LogP contribution in [-0.4, -0.2) is 62.0 Å². The lowest BCUT2D eigenvalue weighted by molar-refractivity contribution is 0.0947. The number of hydrazone groups is 1. The van der Waals surface area contributed by atoms with Crippen LogP contribution in [0.5, 0.6) is 5.75 Å². The van der Waals surface area contributed by atoms with E-state index in [-0.39, 0.29) is 17.3 Å². The van der Waals surface area contributed by atoms with Crippen molar-refractivity contribution in [1.29, 1.82) is 0 Å². The average molecular weight is 496 g/mol. The molecule has 192 valence electrons. The fraction of sp³-hybridized carbons (Fsp3) is 0.500. The van der Waals surface area contributed by atoms with Gasteiger partial charge in [-0.3, -0.25) is 9.69 Å². The summed E-state index contributed by atoms with van der Waals surface area (Å²) in [5, 5.41) is 19.8. The van der Waals surface area contributed by atoms with E-state index in [2.05, 4.69) is 43.0 Å². The van der Waals surface area contributed by atoms with E-state index in [0.717, 1.165) is 56.5 Å². The van der Waals surface area contributed by atoms with Crippen LogP contribution in [0.2, 0.25) is 0 Å². The normalized spacial score (nSPS) is 14.7. The first-order valence-corrected chi connectivity index (χ1v) is 12.5. The molecule has 0 saturated carbocycles. The second-order valence-corrected chi connectivity index (χ2v) is 8.78. The number of nitrogens with zero attached hydrogens (tertiary/aromatic N) is 7. The molecule has 1 saturated heterocycles. The van der Waals surface area contributed by atoms with Gasteiger partial charge in [0.25, 0.3) is 5.91 Å². The Bertz CT molecular complexity index is 1130. The minimum absolute atomic E-state index is 0.0692. The fourth-order valence-electron chi connectivity index (χ4n) is 4.04. The molecule has 3 aromatic rings. The van der Waals surface area contributed by atoms with Crippen LogP contribution in [0.1, 0.15) is 73.6 Å². The molecule has 1 aliphatic rings. The van der Waals surface area contributed by atoms with Gasteiger partial charge in [-0.25, -0.2) is 10.1 Å². The van der Waals surface area contributed by atoms with Crippen molar-refractivity contribution in [2.45, 2.75) is 58.4 Å². The van der Waals surface area contributed by atoms with E-state index in [1.165, 1.54) is 17.5 Å². The summed E-state index contributed by atoms with van der Waals surface area (Å²) < 4.78 is 11.9. The maximum absolute atomic E-state index is 13.0. The third kappa shape index (κ3) is 6.66. The van der Waals surface area contributed by atoms with Crippen LogP contribution >= 0.6 is 0 Å². The van der Waals surface area contributed by atoms with Crippen molar-refractivity contribution in [2.24, 2.45) is 5.10 Å². The summed E-state index contributed by atoms with van der Waals surface area (Å²) in [5.41, 5.74) is 9.95. The zero-order valence-electron chi connectivity index (χ0n) is 20.6. The molecule has 1 amide bonds. The van der Waals surface area contributed by atoms with Crippen molar-refractivity contribution in [1.82, 2.24) is 35.6 Å². The molecule has 36 heavy (non-hydrogen) atoms. The molecule has 1 aliphatic heterocycles. The second-order valence-electron chi connectivity index (χ2n) is 8.78. The van der Waals surface area contributed by atoms with Gasteiger partial charge in [0.1, 0.15) is 5.75 Å². The van der Waals surface area contributed by atoms with Crippen LogP contribution in [0.25, 0.3) is 5.82 Å². The van der Waals surface area contributed by atoms with Crippen LogP contribution < -0.4 is 15.9 Å². The maximum Gasteiger partial charge on any atom is 0.293 e. The lowest BCUT2D eigenvalue weighted by Crippen LogP contribution is -2.28. The molecule has 4 rings (SSSR count). The van der Waals surface area contributed by atoms with E-state index in [1.54, 1.807) is 6.21 Å². The molecule has 0 unspecified atom stereocenters. The Labute approximate surface area is 209 Å². The Kier molecular flexibility index (Phi) is 8.98. The summed E-state index contributed by atoms with van der Waals surface area (Å²) in [5.74, 6) is 0.601. The molecule has 1 aromatic carbocycles. The molecule has 3 heterocycles. The molecule has 3 N–H and O–H groups in total. The maximum atomic E-state index is 13.0. The predicted octanol–water partition coefficient (Wildman–Crippen LogP) is 2.94. The van der Waals surface area contributed by atoms with Gasteiger partial charge in [0.05, 0.1) is 18.5 Å². The van der Waals surface area contributed by atoms with Crippen LogP contribution in [0.4, 0.5) is 5.82 Å². The van der Waals surface area contributed by atoms with E-state index in [1.807, 2.05) is 24.3 Å². The molecule has 2 aromatic heterocycles. The lowest BCUT2D eigenvalue weighted by atomic mass is 10.2. The van der Waals surface area contributed by atoms with Gasteiger partial charge in [-0.1, -0.05) is 37.8 Å². The predicted molar refractivity (Wildman–Crippen MR) is 134 cm³/mol. The first-order chi connectivity index (χ1) is 17.7. The number of nitrogen functional groups attached to an aromatic ring is 1. The van der Waals surface area contributed by atoms with Crippen molar-refractivity contribution in [2.75, 3.05) is 25.4 Å². The molecule has 12 heteroatoms. The zero-order valence-corrected chi connectivity index (χ0v) is 20.6. The van der Waals surface area contributed by atoms with E-state index in [4.69, 9.17) is 15.1 Å². The van der Waals surface area contributed by atoms with Gasteiger partial charge in [-0.05, 0) is 72.5 Å². The Morgan fingerprint density at radius 1 is 1.17 bits per heavy atom. The van der Waals surface area contributed by atoms with Crippen molar-refractivity contribution in [3.8, 4) is 11.6 Å². The summed E-state index contributed by atoms with van der Waals surface area (Å²) in [6.07, 6.45) is 9.51. The molecule has 0 radical (unpaired) electrons. The number of ether oxygens (including phenoxy) is 1. The number of rotatable bonds is 11. The number of hydrogen-bond donors (Lipinski definition) is 2. The Hall–Kier alpha value is -3.80. The Morgan fingerprint density at radius 3 is 2.64 bits per heavy atom. The number of carbonyl (C=O) groups excluding carboxylic acids is 1. The molecule has 0 aliphatic carbocycles. The highest BCUT2D eigenvalue weighted by Crippen LogP contribution is 2.20. The number of hydrogen-bond acceptors (Lipinski definition) is 10. The van der Waals surface area contributed by atoms with Crippen LogP contribution in [0.15, 0.2) is 34.0 Å². The first-order valence-electron chi connectivity index (χ1n) is 12.5. The minimum atomic E-state index is -0.478. The monoisotopic (exact) mass is 495 g/mol. The molecular formula is C24H33N9O3. The van der Waals surface area contributed by atoms with Crippen LogP contribution in [0, 0.1) is 0 Å². The molecule has 12 nitrogen and oxygen atoms in total. The molecule has 0 spiro atoms. The summed E-state index contributed by atoms with van der Waals surface area (Å²) in [4.78, 5) is 15.3. The number of anilines is 1. The number of aromatic nitrogens is 5. The van der Waals surface area contributed by atoms with E-state index >= 15 is 0 Å². The minimum Gasteiger partial charge on any atom is -0.494 e. The number of nitrogens with one attached hydrogen (secondary N) is 1. The number of benzene rings is 1. The molecule has 1 fully saturated rings. The van der Waals surface area contributed by atoms with Crippen molar-refractivity contribution in [3.05, 3.63) is 41.2 Å². The highest BCUT2D eigenvalue weighted by atomic mass is 16.6. The highest BCUT2D eigenvalue weighted by molar-refractivity contribution is 5.94. The fourth-order valence-corrected chi connectivity index (χ4v) is 4.04. The highest BCUT2D eigenvalue weighted by Gasteiger charge is 2.25. The van der Waals surface area contributed by atoms with Crippen molar-refractivity contribution in [3.63, 3.8) is 0 Å². The SMILES string of the molecule is CCCCCOc1ccc(/C=N\NC(=O)c2nnn(-c3nonc3N)c2CN2CCCCCC2)cc1. The summed E-state index contributed by atoms with van der Waals surface area (Å²) >= 11 is 0. The average Bonchev–Trinajstić information content (AvgIpc) is 3.40. The number of nitrogens with two attached hydrogens (primary N) is 1. The Balaban J connectivity index is 1.43. The van der Waals surface area contributed by atoms with E-state index in [0.29, 0.717) is 18.8 Å². The smallest absolute Gasteiger partial charge is 0.293 e. The van der Waals surface area contributed by atoms with Crippen LogP contribution in [0.3, 0.4) is 0 Å². The molecule has 0 bridgehead atoms. The number of unbranched alkanes of at least 4 members (excludes halogenated alkanes) is 2. The van der Waals surface area contributed by atoms with Crippen molar-refractivity contribution < 1.29 is 14.2 Å². The third-order valence-electron chi connectivity index (χ3n) is 6.02. The summed E-state index contributed by atoms with van der Waals surface area (Å²) in [6.45, 7) is 5.18. The number of likely N-dealkylation sites (tertiary alicyclic amines) is 1. The quantitative estimate of drug-likeness (QED) is 0.232. The molecule has 0 atom stereocenters. The van der Waals surface area contributed by atoms with E-state index < -0.39 is 5.91 Å². The number of carbonyl (C=O) groups is 1. The Morgan fingerprint density at radius 2 is 1.94 bits per heavy atom. The second kappa shape index (κ2) is 12.8. The third-order valence-corrected chi connectivity index (χ3v) is 6.02. The summed E-state index contributed by atoms with van der Waals surface area (Å²) in [6, 6.07) is 7.53. The van der Waals surface area contributed by atoms with Crippen LogP contribution in [-0.2, 0) is 6.54 Å².